The summed E-state index contributed by atoms with van der Waals surface area (Å²) in [4.78, 5) is 24.1. The molecule has 1 aromatic rings. The van der Waals surface area contributed by atoms with Crippen molar-refractivity contribution in [1.82, 2.24) is 10.6 Å². The lowest BCUT2D eigenvalue weighted by molar-refractivity contribution is -0.123. The zero-order valence-electron chi connectivity index (χ0n) is 15.6. The van der Waals surface area contributed by atoms with E-state index in [-0.39, 0.29) is 23.4 Å². The predicted octanol–water partition coefficient (Wildman–Crippen LogP) is 2.51. The van der Waals surface area contributed by atoms with Crippen LogP contribution in [0.25, 0.3) is 0 Å². The fourth-order valence-corrected chi connectivity index (χ4v) is 3.39. The number of ether oxygens (including phenoxy) is 1. The quantitative estimate of drug-likeness (QED) is 0.722. The molecular formula is C20H30N2O3. The molecule has 1 aliphatic heterocycles. The molecule has 0 radical (unpaired) electrons. The smallest absolute Gasteiger partial charge is 0.220 e. The number of aryl methyl sites for hydroxylation is 1. The van der Waals surface area contributed by atoms with E-state index in [9.17, 15) is 9.59 Å². The summed E-state index contributed by atoms with van der Waals surface area (Å²) < 4.78 is 5.12. The molecule has 1 saturated heterocycles. The van der Waals surface area contributed by atoms with E-state index < -0.39 is 0 Å². The number of methoxy groups -OCH3 is 1. The molecule has 2 amide bonds. The predicted molar refractivity (Wildman–Crippen MR) is 98.3 cm³/mol. The second kappa shape index (κ2) is 8.99. The summed E-state index contributed by atoms with van der Waals surface area (Å²) in [6.45, 7) is 4.61. The molecule has 5 heteroatoms. The van der Waals surface area contributed by atoms with Crippen LogP contribution in [0.15, 0.2) is 24.3 Å². The summed E-state index contributed by atoms with van der Waals surface area (Å²) in [6.07, 6.45) is 3.98. The number of carbonyl (C=O) groups excluding carboxylic acids is 2. The number of hydrogen-bond donors (Lipinski definition) is 2. The Morgan fingerprint density at radius 1 is 1.36 bits per heavy atom. The van der Waals surface area contributed by atoms with Crippen molar-refractivity contribution in [3.63, 3.8) is 0 Å². The maximum Gasteiger partial charge on any atom is 0.220 e. The third-order valence-corrected chi connectivity index (χ3v) is 4.95. The molecule has 1 fully saturated rings. The molecule has 5 nitrogen and oxygen atoms in total. The van der Waals surface area contributed by atoms with Crippen LogP contribution < -0.4 is 10.6 Å². The van der Waals surface area contributed by atoms with E-state index in [1.54, 1.807) is 7.11 Å². The highest BCUT2D eigenvalue weighted by Gasteiger charge is 2.37. The van der Waals surface area contributed by atoms with Gasteiger partial charge in [-0.3, -0.25) is 9.59 Å². The molecule has 138 valence electrons. The number of carbonyl (C=O) groups is 2. The number of nitrogens with one attached hydrogen (secondary N) is 2. The molecule has 0 aliphatic carbocycles. The van der Waals surface area contributed by atoms with Crippen molar-refractivity contribution in [2.24, 2.45) is 0 Å². The third kappa shape index (κ3) is 5.85. The Balaban J connectivity index is 1.97. The van der Waals surface area contributed by atoms with Gasteiger partial charge in [0.1, 0.15) is 0 Å². The maximum absolute atomic E-state index is 12.3. The first kappa shape index (κ1) is 19.4. The topological polar surface area (TPSA) is 67.4 Å². The highest BCUT2D eigenvalue weighted by Crippen LogP contribution is 2.29. The summed E-state index contributed by atoms with van der Waals surface area (Å²) in [7, 11) is 1.64. The van der Waals surface area contributed by atoms with Crippen LogP contribution in [0, 0.1) is 6.92 Å². The van der Waals surface area contributed by atoms with Crippen LogP contribution in [-0.4, -0.2) is 37.1 Å². The van der Waals surface area contributed by atoms with E-state index in [2.05, 4.69) is 41.8 Å². The van der Waals surface area contributed by atoms with Gasteiger partial charge in [-0.05, 0) is 38.2 Å². The van der Waals surface area contributed by atoms with Gasteiger partial charge in [0, 0.05) is 25.5 Å². The zero-order valence-corrected chi connectivity index (χ0v) is 15.6. The third-order valence-electron chi connectivity index (χ3n) is 4.95. The Labute approximate surface area is 150 Å². The highest BCUT2D eigenvalue weighted by molar-refractivity contribution is 5.80. The molecule has 0 aromatic heterocycles. The van der Waals surface area contributed by atoms with Gasteiger partial charge in [-0.25, -0.2) is 0 Å². The number of rotatable bonds is 9. The first-order chi connectivity index (χ1) is 12.0. The molecule has 0 spiro atoms. The molecule has 2 unspecified atom stereocenters. The van der Waals surface area contributed by atoms with Gasteiger partial charge in [0.15, 0.2) is 0 Å². The van der Waals surface area contributed by atoms with Crippen LogP contribution >= 0.6 is 0 Å². The molecule has 0 bridgehead atoms. The number of amides is 2. The largest absolute Gasteiger partial charge is 0.383 e. The molecule has 0 saturated carbocycles. The van der Waals surface area contributed by atoms with Gasteiger partial charge in [-0.1, -0.05) is 36.8 Å². The fraction of sp³-hybridized carbons (Fsp3) is 0.600. The lowest BCUT2D eigenvalue weighted by Gasteiger charge is -2.29. The Morgan fingerprint density at radius 3 is 2.64 bits per heavy atom. The molecule has 2 N–H and O–H groups in total. The highest BCUT2D eigenvalue weighted by atomic mass is 16.5. The number of benzene rings is 1. The maximum atomic E-state index is 12.3. The first-order valence-corrected chi connectivity index (χ1v) is 9.11. The standard InChI is InChI=1S/C20H30N2O3/c1-4-17(14-25-3)21-18(23)9-11-20(12-10-19(24)22-20)13-16-7-5-15(2)6-8-16/h5-8,17H,4,9-14H2,1-3H3,(H,21,23)(H,22,24). The summed E-state index contributed by atoms with van der Waals surface area (Å²) in [5.74, 6) is 0.103. The first-order valence-electron chi connectivity index (χ1n) is 9.11. The Kier molecular flexibility index (Phi) is 7.00. The van der Waals surface area contributed by atoms with Crippen molar-refractivity contribution >= 4 is 11.8 Å². The van der Waals surface area contributed by atoms with Crippen LogP contribution in [0.4, 0.5) is 0 Å². The second-order valence-electron chi connectivity index (χ2n) is 7.12. The molecule has 1 aliphatic rings. The number of hydrogen-bond acceptors (Lipinski definition) is 3. The summed E-state index contributed by atoms with van der Waals surface area (Å²) in [5, 5.41) is 6.15. The molecule has 1 heterocycles. The van der Waals surface area contributed by atoms with Gasteiger partial charge in [0.05, 0.1) is 12.6 Å². The van der Waals surface area contributed by atoms with Crippen LogP contribution in [0.2, 0.25) is 0 Å². The SMILES string of the molecule is CCC(COC)NC(=O)CCC1(Cc2ccc(C)cc2)CCC(=O)N1. The summed E-state index contributed by atoms with van der Waals surface area (Å²) >= 11 is 0. The molecule has 1 aromatic carbocycles. The molecule has 25 heavy (non-hydrogen) atoms. The van der Waals surface area contributed by atoms with Crippen molar-refractivity contribution in [3.05, 3.63) is 35.4 Å². The van der Waals surface area contributed by atoms with E-state index in [0.29, 0.717) is 25.9 Å². The van der Waals surface area contributed by atoms with Gasteiger partial charge in [0.25, 0.3) is 0 Å². The van der Waals surface area contributed by atoms with Gasteiger partial charge in [-0.2, -0.15) is 0 Å². The summed E-state index contributed by atoms with van der Waals surface area (Å²) in [5.41, 5.74) is 2.10. The fourth-order valence-electron chi connectivity index (χ4n) is 3.39. The molecule has 2 atom stereocenters. The van der Waals surface area contributed by atoms with Crippen molar-refractivity contribution in [2.75, 3.05) is 13.7 Å². The van der Waals surface area contributed by atoms with Crippen molar-refractivity contribution < 1.29 is 14.3 Å². The van der Waals surface area contributed by atoms with Crippen molar-refractivity contribution in [2.45, 2.75) is 64.0 Å². The van der Waals surface area contributed by atoms with E-state index in [1.165, 1.54) is 11.1 Å². The Bertz CT molecular complexity index is 585. The van der Waals surface area contributed by atoms with Crippen LogP contribution in [0.5, 0.6) is 0 Å². The second-order valence-corrected chi connectivity index (χ2v) is 7.12. The minimum atomic E-state index is -0.313. The average molecular weight is 346 g/mol. The van der Waals surface area contributed by atoms with Crippen molar-refractivity contribution in [3.8, 4) is 0 Å². The monoisotopic (exact) mass is 346 g/mol. The lowest BCUT2D eigenvalue weighted by atomic mass is 9.84. The van der Waals surface area contributed by atoms with E-state index in [1.807, 2.05) is 6.92 Å². The Hall–Kier alpha value is -1.88. The van der Waals surface area contributed by atoms with Crippen LogP contribution in [0.1, 0.15) is 50.2 Å². The van der Waals surface area contributed by atoms with E-state index in [4.69, 9.17) is 4.74 Å². The van der Waals surface area contributed by atoms with E-state index in [0.717, 1.165) is 19.3 Å². The van der Waals surface area contributed by atoms with Gasteiger partial charge < -0.3 is 15.4 Å². The average Bonchev–Trinajstić information content (AvgIpc) is 2.96. The van der Waals surface area contributed by atoms with Crippen molar-refractivity contribution in [1.29, 1.82) is 0 Å². The summed E-state index contributed by atoms with van der Waals surface area (Å²) in [6, 6.07) is 8.43. The minimum Gasteiger partial charge on any atom is -0.383 e. The van der Waals surface area contributed by atoms with Gasteiger partial charge in [0.2, 0.25) is 11.8 Å². The van der Waals surface area contributed by atoms with Gasteiger partial charge in [-0.15, -0.1) is 0 Å². The molecule has 2 rings (SSSR count). The minimum absolute atomic E-state index is 0.0216. The van der Waals surface area contributed by atoms with E-state index >= 15 is 0 Å². The molecular weight excluding hydrogens is 316 g/mol. The zero-order chi connectivity index (χ0) is 18.3. The lowest BCUT2D eigenvalue weighted by Crippen LogP contribution is -2.45. The van der Waals surface area contributed by atoms with Crippen LogP contribution in [0.3, 0.4) is 0 Å². The van der Waals surface area contributed by atoms with Gasteiger partial charge >= 0.3 is 0 Å². The van der Waals surface area contributed by atoms with Crippen LogP contribution in [-0.2, 0) is 20.7 Å². The normalized spacial score (nSPS) is 21.0. The Morgan fingerprint density at radius 2 is 2.08 bits per heavy atom.